The van der Waals surface area contributed by atoms with Gasteiger partial charge in [0.15, 0.2) is 0 Å². The highest BCUT2D eigenvalue weighted by Crippen LogP contribution is 2.23. The highest BCUT2D eigenvalue weighted by Gasteiger charge is 2.08. The normalized spacial score (nSPS) is 10.6. The van der Waals surface area contributed by atoms with Crippen molar-refractivity contribution in [2.75, 3.05) is 13.7 Å². The fraction of sp³-hybridized carbons (Fsp3) is 0.353. The maximum atomic E-state index is 5.42. The molecule has 2 aromatic rings. The second-order valence-electron chi connectivity index (χ2n) is 4.96. The van der Waals surface area contributed by atoms with Gasteiger partial charge in [0, 0.05) is 23.9 Å². The summed E-state index contributed by atoms with van der Waals surface area (Å²) < 4.78 is 5.42. The number of nitrogens with one attached hydrogen (secondary N) is 1. The average molecular weight is 270 g/mol. The second kappa shape index (κ2) is 7.06. The highest BCUT2D eigenvalue weighted by molar-refractivity contribution is 5.40. The summed E-state index contributed by atoms with van der Waals surface area (Å²) in [6, 6.07) is 10.5. The zero-order valence-electron chi connectivity index (χ0n) is 12.4. The van der Waals surface area contributed by atoms with Crippen LogP contribution in [-0.4, -0.2) is 18.6 Å². The Morgan fingerprint density at radius 2 is 1.90 bits per heavy atom. The molecular formula is C17H22N2O. The van der Waals surface area contributed by atoms with E-state index in [9.17, 15) is 0 Å². The van der Waals surface area contributed by atoms with Gasteiger partial charge in [-0.3, -0.25) is 4.98 Å². The lowest BCUT2D eigenvalue weighted by atomic mass is 10.1. The summed E-state index contributed by atoms with van der Waals surface area (Å²) in [7, 11) is 1.71. The highest BCUT2D eigenvalue weighted by atomic mass is 16.5. The monoisotopic (exact) mass is 270 g/mol. The molecule has 0 atom stereocenters. The molecule has 106 valence electrons. The molecule has 0 unspecified atom stereocenters. The number of pyridine rings is 1. The molecule has 2 rings (SSSR count). The fourth-order valence-corrected chi connectivity index (χ4v) is 2.33. The molecule has 3 nitrogen and oxygen atoms in total. The van der Waals surface area contributed by atoms with Gasteiger partial charge in [-0.15, -0.1) is 0 Å². The van der Waals surface area contributed by atoms with Gasteiger partial charge < -0.3 is 10.1 Å². The number of aromatic nitrogens is 1. The second-order valence-corrected chi connectivity index (χ2v) is 4.96. The van der Waals surface area contributed by atoms with Crippen molar-refractivity contribution in [2.45, 2.75) is 26.8 Å². The minimum Gasteiger partial charge on any atom is -0.496 e. The van der Waals surface area contributed by atoms with Crippen LogP contribution in [0.4, 0.5) is 0 Å². The van der Waals surface area contributed by atoms with Crippen LogP contribution in [0.1, 0.15) is 22.4 Å². The first-order valence-electron chi connectivity index (χ1n) is 6.96. The van der Waals surface area contributed by atoms with E-state index in [-0.39, 0.29) is 0 Å². The zero-order valence-corrected chi connectivity index (χ0v) is 12.4. The van der Waals surface area contributed by atoms with E-state index in [1.54, 1.807) is 7.11 Å². The molecule has 0 saturated carbocycles. The summed E-state index contributed by atoms with van der Waals surface area (Å²) in [5.74, 6) is 0.944. The van der Waals surface area contributed by atoms with Crippen LogP contribution >= 0.6 is 0 Å². The third kappa shape index (κ3) is 3.58. The summed E-state index contributed by atoms with van der Waals surface area (Å²) in [5, 5.41) is 3.44. The van der Waals surface area contributed by atoms with Crippen LogP contribution in [0, 0.1) is 13.8 Å². The molecule has 0 saturated heterocycles. The number of ether oxygens (including phenoxy) is 1. The molecule has 1 heterocycles. The SMILES string of the molecule is COc1c(C)cnc(CNCCc2ccccc2)c1C. The Labute approximate surface area is 121 Å². The van der Waals surface area contributed by atoms with Crippen LogP contribution in [0.2, 0.25) is 0 Å². The van der Waals surface area contributed by atoms with Crippen molar-refractivity contribution in [3.8, 4) is 5.75 Å². The van der Waals surface area contributed by atoms with Crippen LogP contribution in [0.3, 0.4) is 0 Å². The van der Waals surface area contributed by atoms with E-state index in [4.69, 9.17) is 4.74 Å². The Morgan fingerprint density at radius 1 is 1.15 bits per heavy atom. The molecule has 0 radical (unpaired) electrons. The number of hydrogen-bond donors (Lipinski definition) is 1. The minimum absolute atomic E-state index is 0.773. The van der Waals surface area contributed by atoms with Gasteiger partial charge in [-0.05, 0) is 32.4 Å². The molecule has 3 heteroatoms. The van der Waals surface area contributed by atoms with Gasteiger partial charge in [-0.2, -0.15) is 0 Å². The number of hydrogen-bond acceptors (Lipinski definition) is 3. The van der Waals surface area contributed by atoms with Gasteiger partial charge in [0.2, 0.25) is 0 Å². The smallest absolute Gasteiger partial charge is 0.128 e. The first-order valence-corrected chi connectivity index (χ1v) is 6.96. The van der Waals surface area contributed by atoms with Crippen molar-refractivity contribution in [3.05, 3.63) is 58.9 Å². The van der Waals surface area contributed by atoms with Gasteiger partial charge in [-0.25, -0.2) is 0 Å². The van der Waals surface area contributed by atoms with Crippen LogP contribution in [-0.2, 0) is 13.0 Å². The number of aryl methyl sites for hydroxylation is 1. The first kappa shape index (κ1) is 14.5. The minimum atomic E-state index is 0.773. The number of methoxy groups -OCH3 is 1. The van der Waals surface area contributed by atoms with Crippen molar-refractivity contribution in [2.24, 2.45) is 0 Å². The predicted octanol–water partition coefficient (Wildman–Crippen LogP) is 3.04. The van der Waals surface area contributed by atoms with E-state index in [1.165, 1.54) is 5.56 Å². The van der Waals surface area contributed by atoms with E-state index in [0.717, 1.165) is 42.1 Å². The Balaban J connectivity index is 1.88. The van der Waals surface area contributed by atoms with Gasteiger partial charge in [0.05, 0.1) is 12.8 Å². The van der Waals surface area contributed by atoms with E-state index in [1.807, 2.05) is 19.2 Å². The molecular weight excluding hydrogens is 248 g/mol. The average Bonchev–Trinajstić information content (AvgIpc) is 2.47. The first-order chi connectivity index (χ1) is 9.72. The third-order valence-corrected chi connectivity index (χ3v) is 3.48. The Morgan fingerprint density at radius 3 is 2.60 bits per heavy atom. The van der Waals surface area contributed by atoms with Crippen LogP contribution in [0.5, 0.6) is 5.75 Å². The number of benzene rings is 1. The van der Waals surface area contributed by atoms with E-state index >= 15 is 0 Å². The van der Waals surface area contributed by atoms with Gasteiger partial charge in [0.1, 0.15) is 5.75 Å². The molecule has 0 aliphatic carbocycles. The summed E-state index contributed by atoms with van der Waals surface area (Å²) in [6.45, 7) is 5.80. The van der Waals surface area contributed by atoms with Gasteiger partial charge >= 0.3 is 0 Å². The van der Waals surface area contributed by atoms with E-state index in [0.29, 0.717) is 0 Å². The molecule has 0 bridgehead atoms. The quantitative estimate of drug-likeness (QED) is 0.819. The number of nitrogens with zero attached hydrogens (tertiary/aromatic N) is 1. The lowest BCUT2D eigenvalue weighted by Gasteiger charge is -2.12. The molecule has 1 aromatic carbocycles. The Bertz CT molecular complexity index is 552. The van der Waals surface area contributed by atoms with E-state index < -0.39 is 0 Å². The fourth-order valence-electron chi connectivity index (χ4n) is 2.33. The Hall–Kier alpha value is -1.87. The van der Waals surface area contributed by atoms with Gasteiger partial charge in [0.25, 0.3) is 0 Å². The predicted molar refractivity (Wildman–Crippen MR) is 82.1 cm³/mol. The van der Waals surface area contributed by atoms with Crippen molar-refractivity contribution in [1.29, 1.82) is 0 Å². The molecule has 1 aromatic heterocycles. The van der Waals surface area contributed by atoms with Crippen molar-refractivity contribution < 1.29 is 4.74 Å². The molecule has 0 aliphatic heterocycles. The van der Waals surface area contributed by atoms with Crippen molar-refractivity contribution in [3.63, 3.8) is 0 Å². The molecule has 1 N–H and O–H groups in total. The third-order valence-electron chi connectivity index (χ3n) is 3.48. The van der Waals surface area contributed by atoms with Crippen molar-refractivity contribution >= 4 is 0 Å². The lowest BCUT2D eigenvalue weighted by molar-refractivity contribution is 0.406. The van der Waals surface area contributed by atoms with E-state index in [2.05, 4.69) is 41.5 Å². The Kier molecular flexibility index (Phi) is 5.13. The standard InChI is InChI=1S/C17H22N2O/c1-13-11-19-16(14(2)17(13)20-3)12-18-10-9-15-7-5-4-6-8-15/h4-8,11,18H,9-10,12H2,1-3H3. The van der Waals surface area contributed by atoms with Crippen LogP contribution < -0.4 is 10.1 Å². The maximum absolute atomic E-state index is 5.42. The molecule has 0 fully saturated rings. The van der Waals surface area contributed by atoms with Crippen molar-refractivity contribution in [1.82, 2.24) is 10.3 Å². The van der Waals surface area contributed by atoms with Gasteiger partial charge in [-0.1, -0.05) is 30.3 Å². The largest absolute Gasteiger partial charge is 0.496 e. The van der Waals surface area contributed by atoms with Crippen LogP contribution in [0.25, 0.3) is 0 Å². The molecule has 0 amide bonds. The lowest BCUT2D eigenvalue weighted by Crippen LogP contribution is -2.18. The number of rotatable bonds is 6. The molecule has 20 heavy (non-hydrogen) atoms. The zero-order chi connectivity index (χ0) is 14.4. The molecule has 0 spiro atoms. The maximum Gasteiger partial charge on any atom is 0.128 e. The van der Waals surface area contributed by atoms with Crippen LogP contribution in [0.15, 0.2) is 36.5 Å². The summed E-state index contributed by atoms with van der Waals surface area (Å²) >= 11 is 0. The summed E-state index contributed by atoms with van der Waals surface area (Å²) in [6.07, 6.45) is 2.91. The summed E-state index contributed by atoms with van der Waals surface area (Å²) in [4.78, 5) is 4.49. The molecule has 0 aliphatic rings. The summed E-state index contributed by atoms with van der Waals surface area (Å²) in [5.41, 5.74) is 4.62. The topological polar surface area (TPSA) is 34.1 Å².